The van der Waals surface area contributed by atoms with Gasteiger partial charge in [0.15, 0.2) is 0 Å². The number of benzene rings is 2. The van der Waals surface area contributed by atoms with Crippen molar-refractivity contribution in [2.24, 2.45) is 0 Å². The van der Waals surface area contributed by atoms with E-state index in [1.54, 1.807) is 7.11 Å². The summed E-state index contributed by atoms with van der Waals surface area (Å²) in [5, 5.41) is 3.51. The molecule has 104 valence electrons. The van der Waals surface area contributed by atoms with Crippen LogP contribution in [0, 0.1) is 0 Å². The molecule has 3 rings (SSSR count). The number of halogens is 1. The first-order valence-electron chi connectivity index (χ1n) is 6.53. The van der Waals surface area contributed by atoms with Crippen LogP contribution in [0.4, 0.5) is 5.69 Å². The summed E-state index contributed by atoms with van der Waals surface area (Å²) < 4.78 is 11.9. The number of ether oxygens (including phenoxy) is 2. The Morgan fingerprint density at radius 1 is 1.25 bits per heavy atom. The van der Waals surface area contributed by atoms with Crippen LogP contribution in [0.5, 0.6) is 5.75 Å². The third kappa shape index (κ3) is 2.67. The van der Waals surface area contributed by atoms with Crippen LogP contribution in [0.2, 0.25) is 0 Å². The van der Waals surface area contributed by atoms with Crippen molar-refractivity contribution in [1.82, 2.24) is 0 Å². The number of hydrogen-bond acceptors (Lipinski definition) is 3. The Labute approximate surface area is 127 Å². The topological polar surface area (TPSA) is 30.5 Å². The monoisotopic (exact) mass is 333 g/mol. The molecule has 0 spiro atoms. The molecule has 2 aromatic carbocycles. The van der Waals surface area contributed by atoms with Gasteiger partial charge in [-0.3, -0.25) is 0 Å². The van der Waals surface area contributed by atoms with Crippen LogP contribution >= 0.6 is 15.9 Å². The van der Waals surface area contributed by atoms with E-state index >= 15 is 0 Å². The first-order valence-corrected chi connectivity index (χ1v) is 7.33. The Kier molecular flexibility index (Phi) is 3.94. The van der Waals surface area contributed by atoms with Gasteiger partial charge in [-0.25, -0.2) is 0 Å². The average molecular weight is 334 g/mol. The fraction of sp³-hybridized carbons (Fsp3) is 0.250. The van der Waals surface area contributed by atoms with E-state index in [1.807, 2.05) is 24.3 Å². The van der Waals surface area contributed by atoms with E-state index < -0.39 is 0 Å². The Bertz CT molecular complexity index is 615. The van der Waals surface area contributed by atoms with Gasteiger partial charge in [-0.15, -0.1) is 0 Å². The summed E-state index contributed by atoms with van der Waals surface area (Å²) in [6.45, 7) is 1.37. The van der Waals surface area contributed by atoms with Gasteiger partial charge < -0.3 is 14.8 Å². The van der Waals surface area contributed by atoms with Crippen LogP contribution in [0.25, 0.3) is 0 Å². The molecule has 1 heterocycles. The van der Waals surface area contributed by atoms with Crippen molar-refractivity contribution < 1.29 is 9.47 Å². The Morgan fingerprint density at radius 3 is 2.95 bits per heavy atom. The molecule has 0 bridgehead atoms. The zero-order valence-electron chi connectivity index (χ0n) is 11.2. The number of methoxy groups -OCH3 is 1. The minimum absolute atomic E-state index is 0.172. The summed E-state index contributed by atoms with van der Waals surface area (Å²) in [7, 11) is 1.67. The smallest absolute Gasteiger partial charge is 0.135 e. The van der Waals surface area contributed by atoms with Crippen molar-refractivity contribution in [2.45, 2.75) is 12.6 Å². The molecule has 4 heteroatoms. The lowest BCUT2D eigenvalue weighted by Gasteiger charge is -2.27. The molecule has 20 heavy (non-hydrogen) atoms. The fourth-order valence-corrected chi connectivity index (χ4v) is 2.86. The SMILES string of the molecule is COc1cc(NC2COCc3ccccc32)ccc1Br. The van der Waals surface area contributed by atoms with Crippen LogP contribution in [0.1, 0.15) is 17.2 Å². The van der Waals surface area contributed by atoms with Crippen molar-refractivity contribution in [2.75, 3.05) is 19.0 Å². The second-order valence-electron chi connectivity index (χ2n) is 4.76. The van der Waals surface area contributed by atoms with Crippen molar-refractivity contribution in [3.8, 4) is 5.75 Å². The highest BCUT2D eigenvalue weighted by Crippen LogP contribution is 2.32. The molecule has 1 atom stereocenters. The van der Waals surface area contributed by atoms with E-state index in [-0.39, 0.29) is 6.04 Å². The number of fused-ring (bicyclic) bond motifs is 1. The van der Waals surface area contributed by atoms with E-state index in [0.29, 0.717) is 13.2 Å². The van der Waals surface area contributed by atoms with Gasteiger partial charge in [-0.05, 0) is 39.2 Å². The van der Waals surface area contributed by atoms with E-state index in [0.717, 1.165) is 15.9 Å². The minimum atomic E-state index is 0.172. The molecule has 1 aliphatic rings. The zero-order chi connectivity index (χ0) is 13.9. The number of rotatable bonds is 3. The maximum atomic E-state index is 5.66. The summed E-state index contributed by atoms with van der Waals surface area (Å²) in [6, 6.07) is 14.6. The first kappa shape index (κ1) is 13.5. The second kappa shape index (κ2) is 5.85. The molecule has 3 nitrogen and oxygen atoms in total. The van der Waals surface area contributed by atoms with Crippen molar-refractivity contribution in [3.05, 3.63) is 58.1 Å². The molecule has 0 aliphatic carbocycles. The van der Waals surface area contributed by atoms with Crippen LogP contribution in [0.3, 0.4) is 0 Å². The highest BCUT2D eigenvalue weighted by molar-refractivity contribution is 9.10. The molecule has 0 radical (unpaired) electrons. The van der Waals surface area contributed by atoms with Gasteiger partial charge >= 0.3 is 0 Å². The van der Waals surface area contributed by atoms with E-state index in [1.165, 1.54) is 11.1 Å². The average Bonchev–Trinajstić information content (AvgIpc) is 2.49. The molecular weight excluding hydrogens is 318 g/mol. The number of anilines is 1. The molecule has 0 saturated heterocycles. The van der Waals surface area contributed by atoms with Gasteiger partial charge in [0.05, 0.1) is 30.8 Å². The standard InChI is InChI=1S/C16H16BrNO2/c1-19-16-8-12(6-7-14(16)17)18-15-10-20-9-11-4-2-3-5-13(11)15/h2-8,15,18H,9-10H2,1H3. The molecule has 1 unspecified atom stereocenters. The highest BCUT2D eigenvalue weighted by Gasteiger charge is 2.20. The zero-order valence-corrected chi connectivity index (χ0v) is 12.8. The van der Waals surface area contributed by atoms with Crippen LogP contribution < -0.4 is 10.1 Å². The molecule has 1 N–H and O–H groups in total. The third-order valence-electron chi connectivity index (χ3n) is 3.46. The lowest BCUT2D eigenvalue weighted by Crippen LogP contribution is -2.23. The Hall–Kier alpha value is -1.52. The summed E-state index contributed by atoms with van der Waals surface area (Å²) in [4.78, 5) is 0. The molecule has 0 saturated carbocycles. The molecule has 0 fully saturated rings. The van der Waals surface area contributed by atoms with Crippen LogP contribution in [0.15, 0.2) is 46.9 Å². The van der Waals surface area contributed by atoms with E-state index in [9.17, 15) is 0 Å². The Morgan fingerprint density at radius 2 is 2.10 bits per heavy atom. The molecule has 2 aromatic rings. The highest BCUT2D eigenvalue weighted by atomic mass is 79.9. The van der Waals surface area contributed by atoms with Gasteiger partial charge in [-0.1, -0.05) is 24.3 Å². The maximum absolute atomic E-state index is 5.66. The largest absolute Gasteiger partial charge is 0.495 e. The summed E-state index contributed by atoms with van der Waals surface area (Å²) in [5.41, 5.74) is 3.58. The lowest BCUT2D eigenvalue weighted by molar-refractivity contribution is 0.0970. The lowest BCUT2D eigenvalue weighted by atomic mass is 9.99. The van der Waals surface area contributed by atoms with Gasteiger partial charge in [0.2, 0.25) is 0 Å². The molecule has 0 aromatic heterocycles. The third-order valence-corrected chi connectivity index (χ3v) is 4.12. The molecular formula is C16H16BrNO2. The molecule has 1 aliphatic heterocycles. The fourth-order valence-electron chi connectivity index (χ4n) is 2.45. The van der Waals surface area contributed by atoms with Crippen molar-refractivity contribution in [3.63, 3.8) is 0 Å². The first-order chi connectivity index (χ1) is 9.78. The van der Waals surface area contributed by atoms with Gasteiger partial charge in [0, 0.05) is 11.8 Å². The minimum Gasteiger partial charge on any atom is -0.495 e. The predicted octanol–water partition coefficient (Wildman–Crippen LogP) is 4.14. The molecule has 0 amide bonds. The van der Waals surface area contributed by atoms with E-state index in [2.05, 4.69) is 39.4 Å². The summed E-state index contributed by atoms with van der Waals surface area (Å²) >= 11 is 3.46. The normalized spacial score (nSPS) is 17.4. The Balaban J connectivity index is 1.85. The maximum Gasteiger partial charge on any atom is 0.135 e. The number of nitrogens with one attached hydrogen (secondary N) is 1. The van der Waals surface area contributed by atoms with Crippen molar-refractivity contribution >= 4 is 21.6 Å². The van der Waals surface area contributed by atoms with Crippen molar-refractivity contribution in [1.29, 1.82) is 0 Å². The number of hydrogen-bond donors (Lipinski definition) is 1. The predicted molar refractivity (Wildman–Crippen MR) is 83.2 cm³/mol. The van der Waals surface area contributed by atoms with E-state index in [4.69, 9.17) is 9.47 Å². The summed E-state index contributed by atoms with van der Waals surface area (Å²) in [5.74, 6) is 0.819. The van der Waals surface area contributed by atoms with Gasteiger partial charge in [-0.2, -0.15) is 0 Å². The van der Waals surface area contributed by atoms with Crippen LogP contribution in [-0.4, -0.2) is 13.7 Å². The van der Waals surface area contributed by atoms with Crippen LogP contribution in [-0.2, 0) is 11.3 Å². The quantitative estimate of drug-likeness (QED) is 0.915. The second-order valence-corrected chi connectivity index (χ2v) is 5.61. The van der Waals surface area contributed by atoms with Gasteiger partial charge in [0.25, 0.3) is 0 Å². The van der Waals surface area contributed by atoms with Gasteiger partial charge in [0.1, 0.15) is 5.75 Å². The summed E-state index contributed by atoms with van der Waals surface area (Å²) in [6.07, 6.45) is 0.